The number of rotatable bonds is 4. The molecule has 1 aromatic rings. The molecule has 6 heteroatoms. The number of hydrogen-bond donors (Lipinski definition) is 1. The lowest BCUT2D eigenvalue weighted by atomic mass is 10.1. The molecule has 0 aliphatic carbocycles. The predicted octanol–water partition coefficient (Wildman–Crippen LogP) is 2.54. The van der Waals surface area contributed by atoms with Gasteiger partial charge in [-0.1, -0.05) is 0 Å². The molecule has 1 heterocycles. The van der Waals surface area contributed by atoms with Crippen molar-refractivity contribution in [3.05, 3.63) is 22.4 Å². The van der Waals surface area contributed by atoms with Gasteiger partial charge in [-0.15, -0.1) is 0 Å². The third-order valence-corrected chi connectivity index (χ3v) is 2.54. The molecule has 0 aliphatic rings. The summed E-state index contributed by atoms with van der Waals surface area (Å²) in [7, 11) is 0. The van der Waals surface area contributed by atoms with Crippen LogP contribution in [0.1, 0.15) is 5.56 Å². The van der Waals surface area contributed by atoms with Crippen LogP contribution in [0.25, 0.3) is 0 Å². The molecule has 2 nitrogen and oxygen atoms in total. The second-order valence-corrected chi connectivity index (χ2v) is 3.77. The number of nitrogens with zero attached hydrogens (tertiary/aromatic N) is 1. The van der Waals surface area contributed by atoms with E-state index in [1.54, 1.807) is 0 Å². The van der Waals surface area contributed by atoms with Gasteiger partial charge in [0.1, 0.15) is 0 Å². The van der Waals surface area contributed by atoms with Gasteiger partial charge in [0.25, 0.3) is 0 Å². The van der Waals surface area contributed by atoms with Crippen molar-refractivity contribution in [2.45, 2.75) is 12.7 Å². The Morgan fingerprint density at radius 1 is 1.53 bits per heavy atom. The van der Waals surface area contributed by atoms with E-state index in [0.717, 1.165) is 5.56 Å². The van der Waals surface area contributed by atoms with Crippen LogP contribution in [-0.4, -0.2) is 12.7 Å². The fraction of sp³-hybridized carbons (Fsp3) is 0.444. The molecular formula is C9H9F3N2S. The van der Waals surface area contributed by atoms with Gasteiger partial charge in [0.15, 0.2) is 5.92 Å². The number of nitrogens with one attached hydrogen (secondary N) is 1. The van der Waals surface area contributed by atoms with E-state index < -0.39 is 12.1 Å². The van der Waals surface area contributed by atoms with Crippen LogP contribution in [0, 0.1) is 17.2 Å². The van der Waals surface area contributed by atoms with Crippen molar-refractivity contribution in [3.63, 3.8) is 0 Å². The van der Waals surface area contributed by atoms with Gasteiger partial charge in [-0.2, -0.15) is 29.8 Å². The summed E-state index contributed by atoms with van der Waals surface area (Å²) in [4.78, 5) is 0. The minimum atomic E-state index is -4.45. The van der Waals surface area contributed by atoms with Crippen LogP contribution < -0.4 is 5.32 Å². The molecule has 15 heavy (non-hydrogen) atoms. The first kappa shape index (κ1) is 12.0. The first-order valence-electron chi connectivity index (χ1n) is 4.22. The van der Waals surface area contributed by atoms with Crippen LogP contribution in [0.5, 0.6) is 0 Å². The smallest absolute Gasteiger partial charge is 0.311 e. The van der Waals surface area contributed by atoms with E-state index in [1.165, 1.54) is 17.4 Å². The highest BCUT2D eigenvalue weighted by molar-refractivity contribution is 7.07. The van der Waals surface area contributed by atoms with Crippen LogP contribution in [0.15, 0.2) is 16.8 Å². The first-order chi connectivity index (χ1) is 7.04. The van der Waals surface area contributed by atoms with Crippen LogP contribution in [0.4, 0.5) is 13.2 Å². The lowest BCUT2D eigenvalue weighted by Gasteiger charge is -2.13. The number of thiophene rings is 1. The lowest BCUT2D eigenvalue weighted by molar-refractivity contribution is -0.157. The van der Waals surface area contributed by atoms with Crippen molar-refractivity contribution in [2.75, 3.05) is 6.54 Å². The molecule has 1 aromatic heterocycles. The lowest BCUT2D eigenvalue weighted by Crippen LogP contribution is -2.32. The van der Waals surface area contributed by atoms with Crippen molar-refractivity contribution in [3.8, 4) is 6.07 Å². The molecule has 1 N–H and O–H groups in total. The summed E-state index contributed by atoms with van der Waals surface area (Å²) >= 11 is 1.48. The molecule has 0 saturated heterocycles. The summed E-state index contributed by atoms with van der Waals surface area (Å²) in [5.74, 6) is -1.93. The zero-order valence-corrected chi connectivity index (χ0v) is 8.53. The van der Waals surface area contributed by atoms with Crippen molar-refractivity contribution in [2.24, 2.45) is 5.92 Å². The molecule has 0 aromatic carbocycles. The average Bonchev–Trinajstić information content (AvgIpc) is 2.62. The van der Waals surface area contributed by atoms with Gasteiger partial charge in [-0.3, -0.25) is 0 Å². The maximum Gasteiger partial charge on any atom is 0.405 e. The number of hydrogen-bond acceptors (Lipinski definition) is 3. The highest BCUT2D eigenvalue weighted by atomic mass is 32.1. The minimum absolute atomic E-state index is 0.359. The van der Waals surface area contributed by atoms with E-state index >= 15 is 0 Å². The van der Waals surface area contributed by atoms with Gasteiger partial charge in [0, 0.05) is 13.1 Å². The fourth-order valence-electron chi connectivity index (χ4n) is 0.989. The largest absolute Gasteiger partial charge is 0.405 e. The number of halogens is 3. The topological polar surface area (TPSA) is 35.8 Å². The Hall–Kier alpha value is -1.06. The standard InChI is InChI=1S/C9H9F3N2S/c10-9(11,12)8(3-13)5-14-4-7-1-2-15-6-7/h1-2,6,8,14H,4-5H2. The first-order valence-corrected chi connectivity index (χ1v) is 5.16. The second-order valence-electron chi connectivity index (χ2n) is 2.99. The maximum absolute atomic E-state index is 12.1. The number of alkyl halides is 3. The molecule has 0 bridgehead atoms. The molecule has 1 unspecified atom stereocenters. The van der Waals surface area contributed by atoms with E-state index in [4.69, 9.17) is 5.26 Å². The Morgan fingerprint density at radius 3 is 2.73 bits per heavy atom. The predicted molar refractivity (Wildman–Crippen MR) is 51.2 cm³/mol. The van der Waals surface area contributed by atoms with Crippen molar-refractivity contribution < 1.29 is 13.2 Å². The third kappa shape index (κ3) is 3.90. The average molecular weight is 234 g/mol. The Balaban J connectivity index is 2.34. The molecule has 82 valence electrons. The Kier molecular flexibility index (Phi) is 4.12. The number of nitriles is 1. The normalized spacial score (nSPS) is 13.5. The summed E-state index contributed by atoms with van der Waals surface area (Å²) in [6.45, 7) is -0.00634. The molecule has 1 rings (SSSR count). The van der Waals surface area contributed by atoms with Crippen molar-refractivity contribution >= 4 is 11.3 Å². The second kappa shape index (κ2) is 5.14. The summed E-state index contributed by atoms with van der Waals surface area (Å²) < 4.78 is 36.4. The molecule has 0 fully saturated rings. The molecule has 0 aliphatic heterocycles. The van der Waals surface area contributed by atoms with E-state index in [9.17, 15) is 13.2 Å². The minimum Gasteiger partial charge on any atom is -0.311 e. The summed E-state index contributed by atoms with van der Waals surface area (Å²) in [6, 6.07) is 3.06. The summed E-state index contributed by atoms with van der Waals surface area (Å²) in [5, 5.41) is 14.6. The van der Waals surface area contributed by atoms with Crippen molar-refractivity contribution in [1.82, 2.24) is 5.32 Å². The molecule has 0 radical (unpaired) electrons. The van der Waals surface area contributed by atoms with E-state index in [1.807, 2.05) is 16.8 Å². The highest BCUT2D eigenvalue weighted by Crippen LogP contribution is 2.24. The zero-order valence-electron chi connectivity index (χ0n) is 7.71. The van der Waals surface area contributed by atoms with Crippen LogP contribution in [-0.2, 0) is 6.54 Å². The van der Waals surface area contributed by atoms with Crippen LogP contribution >= 0.6 is 11.3 Å². The molecule has 0 saturated carbocycles. The van der Waals surface area contributed by atoms with E-state index in [-0.39, 0.29) is 6.54 Å². The SMILES string of the molecule is N#CC(CNCc1ccsc1)C(F)(F)F. The van der Waals surface area contributed by atoms with Crippen LogP contribution in [0.3, 0.4) is 0 Å². The van der Waals surface area contributed by atoms with Gasteiger partial charge < -0.3 is 5.32 Å². The maximum atomic E-state index is 12.1. The van der Waals surface area contributed by atoms with E-state index in [2.05, 4.69) is 5.32 Å². The van der Waals surface area contributed by atoms with Gasteiger partial charge in [-0.05, 0) is 22.4 Å². The Bertz CT molecular complexity index is 326. The fourth-order valence-corrected chi connectivity index (χ4v) is 1.66. The molecule has 1 atom stereocenters. The van der Waals surface area contributed by atoms with Gasteiger partial charge in [-0.25, -0.2) is 0 Å². The van der Waals surface area contributed by atoms with Gasteiger partial charge in [0.05, 0.1) is 6.07 Å². The van der Waals surface area contributed by atoms with Gasteiger partial charge >= 0.3 is 6.18 Å². The third-order valence-electron chi connectivity index (χ3n) is 1.81. The van der Waals surface area contributed by atoms with Gasteiger partial charge in [0.2, 0.25) is 0 Å². The summed E-state index contributed by atoms with van der Waals surface area (Å²) in [6.07, 6.45) is -4.45. The molecule has 0 spiro atoms. The van der Waals surface area contributed by atoms with E-state index in [0.29, 0.717) is 6.54 Å². The molecular weight excluding hydrogens is 225 g/mol. The molecule has 0 amide bonds. The van der Waals surface area contributed by atoms with Crippen molar-refractivity contribution in [1.29, 1.82) is 5.26 Å². The Labute approximate surface area is 89.3 Å². The summed E-state index contributed by atoms with van der Waals surface area (Å²) in [5.41, 5.74) is 0.930. The monoisotopic (exact) mass is 234 g/mol. The zero-order chi connectivity index (χ0) is 11.3. The Morgan fingerprint density at radius 2 is 2.27 bits per heavy atom. The quantitative estimate of drug-likeness (QED) is 0.869. The van der Waals surface area contributed by atoms with Crippen LogP contribution in [0.2, 0.25) is 0 Å². The highest BCUT2D eigenvalue weighted by Gasteiger charge is 2.39.